The summed E-state index contributed by atoms with van der Waals surface area (Å²) in [6, 6.07) is 1.61. The maximum absolute atomic E-state index is 12.4. The second-order valence-electron chi connectivity index (χ2n) is 5.86. The lowest BCUT2D eigenvalue weighted by atomic mass is 9.92. The van der Waals surface area contributed by atoms with Crippen molar-refractivity contribution in [3.05, 3.63) is 28.9 Å². The molecule has 2 fully saturated rings. The first-order valence-electron chi connectivity index (χ1n) is 7.22. The molecule has 0 bridgehead atoms. The third kappa shape index (κ3) is 2.68. The Kier molecular flexibility index (Phi) is 3.59. The summed E-state index contributed by atoms with van der Waals surface area (Å²) in [6.45, 7) is 1.42. The van der Waals surface area contributed by atoms with E-state index in [1.165, 1.54) is 21.9 Å². The molecule has 118 valence electrons. The molecule has 1 aromatic heterocycles. The van der Waals surface area contributed by atoms with Crippen LogP contribution < -0.4 is 5.69 Å². The van der Waals surface area contributed by atoms with Crippen molar-refractivity contribution in [3.8, 4) is 0 Å². The van der Waals surface area contributed by atoms with Crippen molar-refractivity contribution in [2.45, 2.75) is 25.0 Å². The van der Waals surface area contributed by atoms with E-state index in [9.17, 15) is 14.4 Å². The zero-order valence-electron chi connectivity index (χ0n) is 12.4. The Morgan fingerprint density at radius 3 is 2.91 bits per heavy atom. The van der Waals surface area contributed by atoms with Crippen molar-refractivity contribution in [1.29, 1.82) is 0 Å². The molecule has 22 heavy (non-hydrogen) atoms. The van der Waals surface area contributed by atoms with Crippen LogP contribution in [0.1, 0.15) is 12.8 Å². The summed E-state index contributed by atoms with van der Waals surface area (Å²) >= 11 is 0. The fourth-order valence-corrected chi connectivity index (χ4v) is 3.07. The molecule has 2 aliphatic heterocycles. The Morgan fingerprint density at radius 1 is 1.41 bits per heavy atom. The van der Waals surface area contributed by atoms with E-state index in [0.717, 1.165) is 12.8 Å². The number of piperidine rings is 1. The summed E-state index contributed by atoms with van der Waals surface area (Å²) in [5, 5.41) is 0. The molecule has 0 unspecified atom stereocenters. The molecule has 0 aliphatic carbocycles. The minimum atomic E-state index is -0.611. The van der Waals surface area contributed by atoms with Gasteiger partial charge in [0.15, 0.2) is 0 Å². The molecule has 0 saturated carbocycles. The van der Waals surface area contributed by atoms with Crippen LogP contribution in [-0.2, 0) is 16.1 Å². The number of rotatable bonds is 2. The van der Waals surface area contributed by atoms with E-state index >= 15 is 0 Å². The van der Waals surface area contributed by atoms with E-state index in [1.54, 1.807) is 18.0 Å². The van der Waals surface area contributed by atoms with E-state index in [-0.39, 0.29) is 18.5 Å². The summed E-state index contributed by atoms with van der Waals surface area (Å²) < 4.78 is 6.74. The Morgan fingerprint density at radius 2 is 2.23 bits per heavy atom. The average molecular weight is 306 g/mol. The predicted molar refractivity (Wildman–Crippen MR) is 76.2 cm³/mol. The fraction of sp³-hybridized carbons (Fsp3) is 0.571. The smallest absolute Gasteiger partial charge is 0.410 e. The Labute approximate surface area is 127 Å². The molecule has 1 spiro atoms. The van der Waals surface area contributed by atoms with E-state index in [4.69, 9.17) is 4.74 Å². The van der Waals surface area contributed by atoms with Gasteiger partial charge in [0.2, 0.25) is 5.91 Å². The number of nitrogens with zero attached hydrogens (tertiary/aromatic N) is 4. The molecule has 0 N–H and O–H groups in total. The first-order chi connectivity index (χ1) is 10.5. The molecule has 0 radical (unpaired) electrons. The van der Waals surface area contributed by atoms with Crippen LogP contribution in [0.3, 0.4) is 0 Å². The van der Waals surface area contributed by atoms with Gasteiger partial charge in [-0.3, -0.25) is 9.36 Å². The Balaban J connectivity index is 1.70. The highest BCUT2D eigenvalue weighted by Crippen LogP contribution is 2.31. The Bertz CT molecular complexity index is 658. The van der Waals surface area contributed by atoms with Crippen molar-refractivity contribution >= 4 is 12.0 Å². The van der Waals surface area contributed by atoms with Crippen molar-refractivity contribution in [1.82, 2.24) is 19.4 Å². The molecule has 3 heterocycles. The van der Waals surface area contributed by atoms with E-state index < -0.39 is 11.3 Å². The predicted octanol–water partition coefficient (Wildman–Crippen LogP) is -0.313. The first kappa shape index (κ1) is 14.6. The lowest BCUT2D eigenvalue weighted by molar-refractivity contribution is -0.137. The second-order valence-corrected chi connectivity index (χ2v) is 5.86. The monoisotopic (exact) mass is 306 g/mol. The van der Waals surface area contributed by atoms with Crippen LogP contribution in [0.15, 0.2) is 23.3 Å². The van der Waals surface area contributed by atoms with Gasteiger partial charge in [-0.25, -0.2) is 14.6 Å². The van der Waals surface area contributed by atoms with Gasteiger partial charge in [0, 0.05) is 26.0 Å². The van der Waals surface area contributed by atoms with Gasteiger partial charge in [0.25, 0.3) is 0 Å². The van der Waals surface area contributed by atoms with Gasteiger partial charge in [0.1, 0.15) is 12.1 Å². The van der Waals surface area contributed by atoms with Gasteiger partial charge in [0.05, 0.1) is 13.1 Å². The number of likely N-dealkylation sites (tertiary alicyclic amines) is 1. The molecule has 2 saturated heterocycles. The van der Waals surface area contributed by atoms with Crippen LogP contribution in [0, 0.1) is 0 Å². The topological polar surface area (TPSA) is 84.7 Å². The number of hydrogen-bond donors (Lipinski definition) is 0. The van der Waals surface area contributed by atoms with Gasteiger partial charge in [-0.1, -0.05) is 0 Å². The van der Waals surface area contributed by atoms with E-state index in [0.29, 0.717) is 19.6 Å². The van der Waals surface area contributed by atoms with Crippen molar-refractivity contribution in [2.24, 2.45) is 0 Å². The molecule has 8 nitrogen and oxygen atoms in total. The summed E-state index contributed by atoms with van der Waals surface area (Å²) in [4.78, 5) is 42.4. The number of amides is 2. The normalized spacial score (nSPS) is 24.7. The fourth-order valence-electron chi connectivity index (χ4n) is 3.07. The lowest BCUT2D eigenvalue weighted by Crippen LogP contribution is -2.53. The highest BCUT2D eigenvalue weighted by atomic mass is 16.6. The Hall–Kier alpha value is -2.38. The highest BCUT2D eigenvalue weighted by molar-refractivity contribution is 5.76. The molecular formula is C14H18N4O4. The number of aromatic nitrogens is 2. The van der Waals surface area contributed by atoms with Gasteiger partial charge in [-0.15, -0.1) is 0 Å². The highest BCUT2D eigenvalue weighted by Gasteiger charge is 2.47. The first-order valence-corrected chi connectivity index (χ1v) is 7.22. The van der Waals surface area contributed by atoms with Crippen molar-refractivity contribution < 1.29 is 14.3 Å². The number of hydrogen-bond acceptors (Lipinski definition) is 5. The van der Waals surface area contributed by atoms with Crippen LogP contribution in [0.2, 0.25) is 0 Å². The number of carbonyl (C=O) groups is 2. The number of ether oxygens (including phenoxy) is 1. The summed E-state index contributed by atoms with van der Waals surface area (Å²) in [6.07, 6.45) is 4.11. The molecule has 2 amide bonds. The quantitative estimate of drug-likeness (QED) is 0.748. The SMILES string of the molecule is CN1C[C@@]2(CCCN(C(=O)Cn3cccnc3=O)C2)OC1=O. The van der Waals surface area contributed by atoms with Gasteiger partial charge in [-0.2, -0.15) is 0 Å². The van der Waals surface area contributed by atoms with Crippen molar-refractivity contribution in [3.63, 3.8) is 0 Å². The van der Waals surface area contributed by atoms with Gasteiger partial charge >= 0.3 is 11.8 Å². The van der Waals surface area contributed by atoms with Crippen LogP contribution in [0.25, 0.3) is 0 Å². The number of likely N-dealkylation sites (N-methyl/N-ethyl adjacent to an activating group) is 1. The van der Waals surface area contributed by atoms with Crippen molar-refractivity contribution in [2.75, 3.05) is 26.7 Å². The van der Waals surface area contributed by atoms with Crippen LogP contribution in [0.4, 0.5) is 4.79 Å². The minimum Gasteiger partial charge on any atom is -0.439 e. The zero-order valence-corrected chi connectivity index (χ0v) is 12.4. The summed E-state index contributed by atoms with van der Waals surface area (Å²) in [5.74, 6) is -0.167. The lowest BCUT2D eigenvalue weighted by Gasteiger charge is -2.38. The maximum atomic E-state index is 12.4. The van der Waals surface area contributed by atoms with E-state index in [2.05, 4.69) is 4.98 Å². The molecule has 8 heteroatoms. The summed E-state index contributed by atoms with van der Waals surface area (Å²) in [5.41, 5.74) is -1.06. The third-order valence-electron chi connectivity index (χ3n) is 4.12. The number of carbonyl (C=O) groups excluding carboxylic acids is 2. The zero-order chi connectivity index (χ0) is 15.7. The summed E-state index contributed by atoms with van der Waals surface area (Å²) in [7, 11) is 1.69. The second kappa shape index (κ2) is 5.43. The molecule has 0 aromatic carbocycles. The van der Waals surface area contributed by atoms with Crippen LogP contribution >= 0.6 is 0 Å². The van der Waals surface area contributed by atoms with Crippen LogP contribution in [-0.4, -0.2) is 63.6 Å². The molecule has 2 aliphatic rings. The average Bonchev–Trinajstić information content (AvgIpc) is 2.75. The maximum Gasteiger partial charge on any atom is 0.410 e. The van der Waals surface area contributed by atoms with E-state index in [1.807, 2.05) is 0 Å². The third-order valence-corrected chi connectivity index (χ3v) is 4.12. The standard InChI is InChI=1S/C14H18N4O4/c1-16-9-14(22-13(16)21)4-2-6-18(10-14)11(19)8-17-7-3-5-15-12(17)20/h3,5,7H,2,4,6,8-10H2,1H3/t14-/m1/s1. The molecule has 3 rings (SSSR count). The minimum absolute atomic E-state index is 0.0491. The molecular weight excluding hydrogens is 288 g/mol. The largest absolute Gasteiger partial charge is 0.439 e. The molecule has 1 aromatic rings. The van der Waals surface area contributed by atoms with Gasteiger partial charge in [-0.05, 0) is 18.9 Å². The van der Waals surface area contributed by atoms with Crippen LogP contribution in [0.5, 0.6) is 0 Å². The molecule has 1 atom stereocenters. The van der Waals surface area contributed by atoms with Gasteiger partial charge < -0.3 is 14.5 Å².